The van der Waals surface area contributed by atoms with Crippen molar-refractivity contribution in [3.63, 3.8) is 0 Å². The van der Waals surface area contributed by atoms with Crippen LogP contribution in [0.2, 0.25) is 0 Å². The van der Waals surface area contributed by atoms with Gasteiger partial charge in [0.05, 0.1) is 12.3 Å². The maximum absolute atomic E-state index is 12.9. The predicted molar refractivity (Wildman–Crippen MR) is 84.4 cm³/mol. The number of benzene rings is 1. The molecule has 1 aromatic heterocycles. The van der Waals surface area contributed by atoms with E-state index in [1.54, 1.807) is 17.0 Å². The van der Waals surface area contributed by atoms with Crippen LogP contribution < -0.4 is 5.32 Å². The Morgan fingerprint density at radius 3 is 2.83 bits per heavy atom. The summed E-state index contributed by atoms with van der Waals surface area (Å²) in [6.45, 7) is 1.01. The highest BCUT2D eigenvalue weighted by atomic mass is 19.1. The van der Waals surface area contributed by atoms with Crippen molar-refractivity contribution in [2.45, 2.75) is 19.3 Å². The summed E-state index contributed by atoms with van der Waals surface area (Å²) in [7, 11) is 0. The number of amides is 2. The summed E-state index contributed by atoms with van der Waals surface area (Å²) >= 11 is 0. The molecule has 1 aliphatic heterocycles. The standard InChI is InChI=1S/C16H18FN5O2/c17-13-5-3-11(4-6-13)8-14(23)22-7-1-2-12(9-22)15(24)20-16-18-10-19-21-16/h3-6,10,12H,1-2,7-9H2,(H2,18,19,20,21,24)/t12-/m0/s1. The fourth-order valence-electron chi connectivity index (χ4n) is 2.79. The van der Waals surface area contributed by atoms with Gasteiger partial charge in [-0.25, -0.2) is 9.49 Å². The van der Waals surface area contributed by atoms with Crippen LogP contribution in [0, 0.1) is 11.7 Å². The van der Waals surface area contributed by atoms with Gasteiger partial charge >= 0.3 is 0 Å². The molecule has 24 heavy (non-hydrogen) atoms. The third-order valence-electron chi connectivity index (χ3n) is 4.07. The lowest BCUT2D eigenvalue weighted by atomic mass is 9.96. The number of H-pyrrole nitrogens is 1. The molecule has 2 N–H and O–H groups in total. The number of piperidine rings is 1. The van der Waals surface area contributed by atoms with Crippen LogP contribution in [0.15, 0.2) is 30.6 Å². The van der Waals surface area contributed by atoms with E-state index in [0.717, 1.165) is 18.4 Å². The van der Waals surface area contributed by atoms with Gasteiger partial charge in [0.2, 0.25) is 17.8 Å². The first-order valence-corrected chi connectivity index (χ1v) is 7.80. The summed E-state index contributed by atoms with van der Waals surface area (Å²) in [6.07, 6.45) is 3.01. The normalized spacial score (nSPS) is 17.5. The number of hydrogen-bond donors (Lipinski definition) is 2. The summed E-state index contributed by atoms with van der Waals surface area (Å²) in [6, 6.07) is 5.88. The van der Waals surface area contributed by atoms with Gasteiger partial charge in [0.1, 0.15) is 12.1 Å². The van der Waals surface area contributed by atoms with Gasteiger partial charge in [-0.05, 0) is 30.5 Å². The fourth-order valence-corrected chi connectivity index (χ4v) is 2.79. The number of halogens is 1. The minimum Gasteiger partial charge on any atom is -0.342 e. The lowest BCUT2D eigenvalue weighted by molar-refractivity contribution is -0.133. The molecule has 7 nitrogen and oxygen atoms in total. The first kappa shape index (κ1) is 16.1. The number of nitrogens with one attached hydrogen (secondary N) is 2. The Kier molecular flexibility index (Phi) is 4.83. The van der Waals surface area contributed by atoms with Crippen LogP contribution in [0.5, 0.6) is 0 Å². The molecule has 1 atom stereocenters. The summed E-state index contributed by atoms with van der Waals surface area (Å²) in [5, 5.41) is 8.91. The van der Waals surface area contributed by atoms with E-state index in [4.69, 9.17) is 0 Å². The first-order valence-electron chi connectivity index (χ1n) is 7.80. The zero-order valence-corrected chi connectivity index (χ0v) is 13.0. The van der Waals surface area contributed by atoms with Gasteiger partial charge in [-0.3, -0.25) is 14.9 Å². The minimum absolute atomic E-state index is 0.0567. The van der Waals surface area contributed by atoms with Gasteiger partial charge in [-0.15, -0.1) is 0 Å². The van der Waals surface area contributed by atoms with Gasteiger partial charge in [0.25, 0.3) is 0 Å². The Bertz CT molecular complexity index is 702. The molecule has 8 heteroatoms. The Labute approximate surface area is 138 Å². The van der Waals surface area contributed by atoms with Crippen molar-refractivity contribution in [1.29, 1.82) is 0 Å². The van der Waals surface area contributed by atoms with E-state index in [1.807, 2.05) is 0 Å². The van der Waals surface area contributed by atoms with Gasteiger partial charge in [-0.2, -0.15) is 10.1 Å². The average molecular weight is 331 g/mol. The molecule has 1 fully saturated rings. The van der Waals surface area contributed by atoms with Crippen molar-refractivity contribution in [3.05, 3.63) is 42.0 Å². The molecule has 0 unspecified atom stereocenters. The van der Waals surface area contributed by atoms with Gasteiger partial charge in [-0.1, -0.05) is 12.1 Å². The van der Waals surface area contributed by atoms with Crippen LogP contribution in [-0.2, 0) is 16.0 Å². The molecule has 1 aliphatic rings. The van der Waals surface area contributed by atoms with Crippen molar-refractivity contribution in [2.24, 2.45) is 5.92 Å². The molecule has 0 saturated carbocycles. The number of likely N-dealkylation sites (tertiary alicyclic amines) is 1. The van der Waals surface area contributed by atoms with Crippen LogP contribution in [0.1, 0.15) is 18.4 Å². The zero-order chi connectivity index (χ0) is 16.9. The fraction of sp³-hybridized carbons (Fsp3) is 0.375. The second-order valence-corrected chi connectivity index (χ2v) is 5.81. The molecule has 1 aromatic carbocycles. The quantitative estimate of drug-likeness (QED) is 0.885. The van der Waals surface area contributed by atoms with E-state index in [0.29, 0.717) is 19.0 Å². The third-order valence-corrected chi connectivity index (χ3v) is 4.07. The molecule has 2 aromatic rings. The number of hydrogen-bond acceptors (Lipinski definition) is 4. The molecule has 0 radical (unpaired) electrons. The second-order valence-electron chi connectivity index (χ2n) is 5.81. The number of carbonyl (C=O) groups excluding carboxylic acids is 2. The maximum Gasteiger partial charge on any atom is 0.231 e. The number of aromatic nitrogens is 3. The summed E-state index contributed by atoms with van der Waals surface area (Å²) in [4.78, 5) is 30.2. The van der Waals surface area contributed by atoms with Crippen molar-refractivity contribution >= 4 is 17.8 Å². The number of aromatic amines is 1. The number of nitrogens with zero attached hydrogens (tertiary/aromatic N) is 3. The predicted octanol–water partition coefficient (Wildman–Crippen LogP) is 1.36. The lowest BCUT2D eigenvalue weighted by Crippen LogP contribution is -2.44. The highest BCUT2D eigenvalue weighted by molar-refractivity contribution is 5.91. The van der Waals surface area contributed by atoms with Crippen molar-refractivity contribution in [3.8, 4) is 0 Å². The molecule has 1 saturated heterocycles. The van der Waals surface area contributed by atoms with Crippen LogP contribution in [0.3, 0.4) is 0 Å². The Morgan fingerprint density at radius 1 is 1.33 bits per heavy atom. The third kappa shape index (κ3) is 3.95. The number of carbonyl (C=O) groups is 2. The Hall–Kier alpha value is -2.77. The Morgan fingerprint density at radius 2 is 2.12 bits per heavy atom. The van der Waals surface area contributed by atoms with E-state index in [-0.39, 0.29) is 30.0 Å². The summed E-state index contributed by atoms with van der Waals surface area (Å²) in [5.74, 6) is -0.533. The maximum atomic E-state index is 12.9. The molecule has 2 amide bonds. The smallest absolute Gasteiger partial charge is 0.231 e. The number of anilines is 1. The van der Waals surface area contributed by atoms with Gasteiger partial charge < -0.3 is 4.90 Å². The second kappa shape index (κ2) is 7.20. The van der Waals surface area contributed by atoms with Crippen LogP contribution in [-0.4, -0.2) is 45.0 Å². The lowest BCUT2D eigenvalue weighted by Gasteiger charge is -2.32. The van der Waals surface area contributed by atoms with E-state index in [9.17, 15) is 14.0 Å². The molecule has 0 bridgehead atoms. The van der Waals surface area contributed by atoms with Crippen LogP contribution in [0.25, 0.3) is 0 Å². The molecule has 126 valence electrons. The van der Waals surface area contributed by atoms with E-state index >= 15 is 0 Å². The molecule has 0 spiro atoms. The summed E-state index contributed by atoms with van der Waals surface area (Å²) in [5.41, 5.74) is 0.759. The van der Waals surface area contributed by atoms with Gasteiger partial charge in [0.15, 0.2) is 0 Å². The van der Waals surface area contributed by atoms with Crippen molar-refractivity contribution in [2.75, 3.05) is 18.4 Å². The monoisotopic (exact) mass is 331 g/mol. The average Bonchev–Trinajstić information content (AvgIpc) is 3.10. The SMILES string of the molecule is O=C(Nc1ncn[nH]1)[C@H]1CCCN(C(=O)Cc2ccc(F)cc2)C1. The Balaban J connectivity index is 1.57. The highest BCUT2D eigenvalue weighted by Gasteiger charge is 2.28. The zero-order valence-electron chi connectivity index (χ0n) is 13.0. The van der Waals surface area contributed by atoms with E-state index in [2.05, 4.69) is 20.5 Å². The molecular formula is C16H18FN5O2. The molecule has 3 rings (SSSR count). The molecular weight excluding hydrogens is 313 g/mol. The topological polar surface area (TPSA) is 91.0 Å². The molecule has 0 aliphatic carbocycles. The van der Waals surface area contributed by atoms with Crippen LogP contribution >= 0.6 is 0 Å². The molecule has 2 heterocycles. The minimum atomic E-state index is -0.326. The van der Waals surface area contributed by atoms with Crippen molar-refractivity contribution < 1.29 is 14.0 Å². The van der Waals surface area contributed by atoms with E-state index in [1.165, 1.54) is 18.5 Å². The largest absolute Gasteiger partial charge is 0.342 e. The van der Waals surface area contributed by atoms with Gasteiger partial charge in [0, 0.05) is 13.1 Å². The van der Waals surface area contributed by atoms with E-state index < -0.39 is 0 Å². The van der Waals surface area contributed by atoms with Crippen molar-refractivity contribution in [1.82, 2.24) is 20.1 Å². The van der Waals surface area contributed by atoms with Crippen LogP contribution in [0.4, 0.5) is 10.3 Å². The highest BCUT2D eigenvalue weighted by Crippen LogP contribution is 2.19. The first-order chi connectivity index (χ1) is 11.6. The number of rotatable bonds is 4. The summed E-state index contributed by atoms with van der Waals surface area (Å²) < 4.78 is 12.9.